The summed E-state index contributed by atoms with van der Waals surface area (Å²) in [5, 5.41) is 3.98. The van der Waals surface area contributed by atoms with Gasteiger partial charge in [-0.3, -0.25) is 9.59 Å². The van der Waals surface area contributed by atoms with E-state index in [1.165, 1.54) is 0 Å². The topological polar surface area (TPSA) is 79.5 Å². The highest BCUT2D eigenvalue weighted by Gasteiger charge is 2.40. The zero-order valence-electron chi connectivity index (χ0n) is 14.9. The molecule has 132 valence electrons. The van der Waals surface area contributed by atoms with Crippen molar-refractivity contribution in [2.24, 2.45) is 5.92 Å². The van der Waals surface area contributed by atoms with Crippen LogP contribution in [0.3, 0.4) is 0 Å². The Kier molecular flexibility index (Phi) is 4.36. The number of amides is 2. The molecule has 0 unspecified atom stereocenters. The minimum atomic E-state index is -0.256. The Balaban J connectivity index is 1.52. The van der Waals surface area contributed by atoms with Gasteiger partial charge in [0.2, 0.25) is 17.7 Å². The summed E-state index contributed by atoms with van der Waals surface area (Å²) >= 11 is 0. The zero-order valence-corrected chi connectivity index (χ0v) is 14.9. The van der Waals surface area contributed by atoms with Crippen LogP contribution in [0, 0.1) is 5.92 Å². The molecule has 2 aliphatic rings. The van der Waals surface area contributed by atoms with E-state index in [1.807, 2.05) is 20.8 Å². The van der Waals surface area contributed by atoms with Gasteiger partial charge in [-0.05, 0) is 33.6 Å². The molecule has 1 aliphatic carbocycles. The number of aromatic nitrogens is 2. The lowest BCUT2D eigenvalue weighted by atomic mass is 10.1. The Labute approximate surface area is 142 Å². The van der Waals surface area contributed by atoms with Crippen molar-refractivity contribution in [3.8, 4) is 0 Å². The normalized spacial score (nSPS) is 21.4. The van der Waals surface area contributed by atoms with Gasteiger partial charge in [-0.25, -0.2) is 0 Å². The van der Waals surface area contributed by atoms with Crippen molar-refractivity contribution in [1.82, 2.24) is 19.9 Å². The van der Waals surface area contributed by atoms with Gasteiger partial charge in [-0.1, -0.05) is 5.16 Å². The van der Waals surface area contributed by atoms with Crippen LogP contribution in [-0.2, 0) is 16.0 Å². The minimum Gasteiger partial charge on any atom is -0.345 e. The average Bonchev–Trinajstić information content (AvgIpc) is 3.11. The van der Waals surface area contributed by atoms with E-state index in [2.05, 4.69) is 10.1 Å². The van der Waals surface area contributed by atoms with Gasteiger partial charge in [0, 0.05) is 44.4 Å². The van der Waals surface area contributed by atoms with Crippen molar-refractivity contribution >= 4 is 11.8 Å². The fourth-order valence-electron chi connectivity index (χ4n) is 3.08. The van der Waals surface area contributed by atoms with E-state index >= 15 is 0 Å². The molecule has 1 atom stereocenters. The lowest BCUT2D eigenvalue weighted by molar-refractivity contribution is -0.134. The van der Waals surface area contributed by atoms with Gasteiger partial charge < -0.3 is 14.3 Å². The van der Waals surface area contributed by atoms with Gasteiger partial charge in [-0.15, -0.1) is 0 Å². The molecule has 3 rings (SSSR count). The summed E-state index contributed by atoms with van der Waals surface area (Å²) in [5.74, 6) is 1.63. The number of nitrogens with zero attached hydrogens (tertiary/aromatic N) is 4. The van der Waals surface area contributed by atoms with Crippen LogP contribution in [0.4, 0.5) is 0 Å². The van der Waals surface area contributed by atoms with Crippen LogP contribution in [0.5, 0.6) is 0 Å². The molecule has 0 spiro atoms. The summed E-state index contributed by atoms with van der Waals surface area (Å²) < 4.78 is 5.23. The molecule has 1 aliphatic heterocycles. The van der Waals surface area contributed by atoms with Crippen LogP contribution < -0.4 is 0 Å². The van der Waals surface area contributed by atoms with E-state index in [4.69, 9.17) is 4.52 Å². The predicted octanol–water partition coefficient (Wildman–Crippen LogP) is 1.59. The van der Waals surface area contributed by atoms with Crippen molar-refractivity contribution in [2.45, 2.75) is 57.9 Å². The summed E-state index contributed by atoms with van der Waals surface area (Å²) in [6.07, 6.45) is 3.12. The monoisotopic (exact) mass is 334 g/mol. The molecular weight excluding hydrogens is 308 g/mol. The van der Waals surface area contributed by atoms with Gasteiger partial charge in [0.25, 0.3) is 0 Å². The molecule has 0 radical (unpaired) electrons. The van der Waals surface area contributed by atoms with E-state index < -0.39 is 0 Å². The summed E-state index contributed by atoms with van der Waals surface area (Å²) in [7, 11) is 1.77. The summed E-state index contributed by atoms with van der Waals surface area (Å²) in [6, 6.07) is 0. The Morgan fingerprint density at radius 1 is 1.38 bits per heavy atom. The third kappa shape index (κ3) is 3.60. The Morgan fingerprint density at radius 2 is 2.08 bits per heavy atom. The first kappa shape index (κ1) is 16.9. The Bertz CT molecular complexity index is 630. The summed E-state index contributed by atoms with van der Waals surface area (Å²) in [5.41, 5.74) is -0.242. The smallest absolute Gasteiger partial charge is 0.229 e. The molecule has 1 aromatic heterocycles. The van der Waals surface area contributed by atoms with Gasteiger partial charge in [0.05, 0.1) is 5.92 Å². The zero-order chi connectivity index (χ0) is 17.5. The average molecular weight is 334 g/mol. The third-order valence-electron chi connectivity index (χ3n) is 4.74. The van der Waals surface area contributed by atoms with Crippen LogP contribution in [0.1, 0.15) is 57.7 Å². The standard InChI is InChI=1S/C17H26N4O3/c1-17(2,3)21-10-12(9-14(21)22)16(23)20(4)8-7-13-18-15(24-19-13)11-5-6-11/h11-12H,5-10H2,1-4H3/t12-/m1/s1. The molecule has 1 aromatic rings. The molecule has 2 fully saturated rings. The van der Waals surface area contributed by atoms with E-state index in [0.29, 0.717) is 37.7 Å². The second-order valence-corrected chi connectivity index (χ2v) is 7.91. The molecule has 0 N–H and O–H groups in total. The number of likely N-dealkylation sites (tertiary alicyclic amines) is 1. The lowest BCUT2D eigenvalue weighted by Crippen LogP contribution is -2.43. The molecule has 7 heteroatoms. The van der Waals surface area contributed by atoms with Crippen LogP contribution >= 0.6 is 0 Å². The molecule has 0 bridgehead atoms. The number of likely N-dealkylation sites (N-methyl/N-ethyl adjacent to an activating group) is 1. The predicted molar refractivity (Wildman–Crippen MR) is 87.2 cm³/mol. The van der Waals surface area contributed by atoms with Crippen molar-refractivity contribution in [2.75, 3.05) is 20.1 Å². The first-order chi connectivity index (χ1) is 11.3. The minimum absolute atomic E-state index is 0.0148. The Morgan fingerprint density at radius 3 is 2.67 bits per heavy atom. The van der Waals surface area contributed by atoms with E-state index in [0.717, 1.165) is 18.7 Å². The molecule has 2 heterocycles. The molecule has 2 amide bonds. The van der Waals surface area contributed by atoms with Crippen molar-refractivity contribution in [3.63, 3.8) is 0 Å². The number of rotatable bonds is 5. The third-order valence-corrected chi connectivity index (χ3v) is 4.74. The second-order valence-electron chi connectivity index (χ2n) is 7.91. The number of carbonyl (C=O) groups excluding carboxylic acids is 2. The number of hydrogen-bond acceptors (Lipinski definition) is 5. The second kappa shape index (κ2) is 6.18. The van der Waals surface area contributed by atoms with Crippen LogP contribution in [0.15, 0.2) is 4.52 Å². The van der Waals surface area contributed by atoms with Crippen molar-refractivity contribution in [3.05, 3.63) is 11.7 Å². The van der Waals surface area contributed by atoms with E-state index in [-0.39, 0.29) is 23.3 Å². The highest BCUT2D eigenvalue weighted by atomic mass is 16.5. The molecule has 1 saturated carbocycles. The van der Waals surface area contributed by atoms with Crippen molar-refractivity contribution in [1.29, 1.82) is 0 Å². The van der Waals surface area contributed by atoms with Gasteiger partial charge in [0.1, 0.15) is 0 Å². The summed E-state index contributed by atoms with van der Waals surface area (Å²) in [4.78, 5) is 32.6. The summed E-state index contributed by atoms with van der Waals surface area (Å²) in [6.45, 7) is 7.02. The van der Waals surface area contributed by atoms with Gasteiger partial charge in [0.15, 0.2) is 5.82 Å². The molecule has 0 aromatic carbocycles. The van der Waals surface area contributed by atoms with Crippen LogP contribution in [0.25, 0.3) is 0 Å². The Hall–Kier alpha value is -1.92. The maximum absolute atomic E-state index is 12.6. The highest BCUT2D eigenvalue weighted by molar-refractivity contribution is 5.89. The van der Waals surface area contributed by atoms with Crippen molar-refractivity contribution < 1.29 is 14.1 Å². The number of hydrogen-bond donors (Lipinski definition) is 0. The van der Waals surface area contributed by atoms with Gasteiger partial charge >= 0.3 is 0 Å². The first-order valence-electron chi connectivity index (χ1n) is 8.63. The van der Waals surface area contributed by atoms with E-state index in [9.17, 15) is 9.59 Å². The molecule has 24 heavy (non-hydrogen) atoms. The van der Waals surface area contributed by atoms with Gasteiger partial charge in [-0.2, -0.15) is 4.98 Å². The quantitative estimate of drug-likeness (QED) is 0.817. The van der Waals surface area contributed by atoms with Crippen LogP contribution in [-0.4, -0.2) is 57.4 Å². The number of carbonyl (C=O) groups is 2. The largest absolute Gasteiger partial charge is 0.345 e. The fraction of sp³-hybridized carbons (Fsp3) is 0.765. The SMILES string of the molecule is CN(CCc1noc(C2CC2)n1)C(=O)[C@@H]1CC(=O)N(C(C)(C)C)C1. The maximum Gasteiger partial charge on any atom is 0.229 e. The lowest BCUT2D eigenvalue weighted by Gasteiger charge is -2.32. The van der Waals surface area contributed by atoms with Crippen LogP contribution in [0.2, 0.25) is 0 Å². The first-order valence-corrected chi connectivity index (χ1v) is 8.63. The maximum atomic E-state index is 12.6. The molecule has 7 nitrogen and oxygen atoms in total. The molecular formula is C17H26N4O3. The molecule has 1 saturated heterocycles. The van der Waals surface area contributed by atoms with E-state index in [1.54, 1.807) is 16.8 Å². The fourth-order valence-corrected chi connectivity index (χ4v) is 3.08. The highest BCUT2D eigenvalue weighted by Crippen LogP contribution is 2.38.